The molecule has 0 spiro atoms. The summed E-state index contributed by atoms with van der Waals surface area (Å²) in [5, 5.41) is 9.00. The van der Waals surface area contributed by atoms with Crippen LogP contribution >= 0.6 is 11.6 Å². The number of fused-ring (bicyclic) bond motifs is 11. The lowest BCUT2D eigenvalue weighted by molar-refractivity contribution is 0.0905. The van der Waals surface area contributed by atoms with Crippen LogP contribution in [0.15, 0.2) is 160 Å². The molecule has 19 heterocycles. The summed E-state index contributed by atoms with van der Waals surface area (Å²) >= 11 is 5.99. The molecular formula is C105H132ClF3N34O7. The van der Waals surface area contributed by atoms with Crippen molar-refractivity contribution >= 4 is 180 Å². The third-order valence-electron chi connectivity index (χ3n) is 24.2. The Morgan fingerprint density at radius 3 is 1.58 bits per heavy atom. The number of imidazole rings is 5. The average Bonchev–Trinajstić information content (AvgIpc) is 1.60. The molecule has 41 nitrogen and oxygen atoms in total. The summed E-state index contributed by atoms with van der Waals surface area (Å²) in [4.78, 5) is 144. The van der Waals surface area contributed by atoms with E-state index in [2.05, 4.69) is 164 Å². The maximum absolute atomic E-state index is 13.6. The molecule has 11 N–H and O–H groups in total. The van der Waals surface area contributed by atoms with E-state index in [0.717, 1.165) is 50.4 Å². The number of aromatic nitrogens is 25. The van der Waals surface area contributed by atoms with Gasteiger partial charge in [-0.05, 0) is 165 Å². The van der Waals surface area contributed by atoms with Crippen molar-refractivity contribution in [2.45, 2.75) is 258 Å². The smallest absolute Gasteiger partial charge is 0.280 e. The Morgan fingerprint density at radius 2 is 0.953 bits per heavy atom. The normalized spacial score (nSPS) is 13.7. The molecule has 0 fully saturated rings. The predicted octanol–water partition coefficient (Wildman–Crippen LogP) is 20.8. The molecule has 0 saturated heterocycles. The van der Waals surface area contributed by atoms with Gasteiger partial charge >= 0.3 is 0 Å². The fourth-order valence-corrected chi connectivity index (χ4v) is 16.5. The number of allylic oxidation sites excluding steroid dienone is 2. The Kier molecular flexibility index (Phi) is 37.5. The van der Waals surface area contributed by atoms with Gasteiger partial charge in [0.15, 0.2) is 74.6 Å². The molecule has 15 aromatic heterocycles. The zero-order valence-corrected chi connectivity index (χ0v) is 88.5. The minimum Gasteiger partial charge on any atom is -0.397 e. The molecule has 45 heteroatoms. The van der Waals surface area contributed by atoms with Gasteiger partial charge in [0.2, 0.25) is 5.95 Å². The van der Waals surface area contributed by atoms with Crippen LogP contribution in [0.5, 0.6) is 0 Å². The first kappa shape index (κ1) is 114. The lowest BCUT2D eigenvalue weighted by Crippen LogP contribution is -2.22. The van der Waals surface area contributed by atoms with Crippen LogP contribution in [0.1, 0.15) is 333 Å². The number of carbonyl (C=O) groups is 5. The highest BCUT2D eigenvalue weighted by atomic mass is 35.5. The minimum absolute atomic E-state index is 0. The van der Waals surface area contributed by atoms with Gasteiger partial charge in [0.1, 0.15) is 57.8 Å². The number of benzene rings is 1. The van der Waals surface area contributed by atoms with E-state index in [-0.39, 0.29) is 119 Å². The van der Waals surface area contributed by atoms with Crippen LogP contribution in [-0.4, -0.2) is 174 Å². The van der Waals surface area contributed by atoms with Gasteiger partial charge in [0, 0.05) is 154 Å². The zero-order valence-electron chi connectivity index (χ0n) is 87.8. The molecule has 4 aliphatic heterocycles. The highest BCUT2D eigenvalue weighted by Gasteiger charge is 2.32. The summed E-state index contributed by atoms with van der Waals surface area (Å²) in [6, 6.07) is 11.5. The Morgan fingerprint density at radius 1 is 0.440 bits per heavy atom. The van der Waals surface area contributed by atoms with Crippen molar-refractivity contribution in [3.05, 3.63) is 218 Å². The molecule has 150 heavy (non-hydrogen) atoms. The summed E-state index contributed by atoms with van der Waals surface area (Å²) in [7, 11) is 1.57. The third kappa shape index (κ3) is 25.3. The molecule has 0 saturated carbocycles. The Bertz CT molecular complexity index is 7460. The number of carbonyl (C=O) groups excluding carboxylic acids is 5. The van der Waals surface area contributed by atoms with Gasteiger partial charge in [-0.1, -0.05) is 72.7 Å². The lowest BCUT2D eigenvalue weighted by Gasteiger charge is -2.12. The van der Waals surface area contributed by atoms with Crippen molar-refractivity contribution in [1.29, 1.82) is 0 Å². The first-order chi connectivity index (χ1) is 70.6. The van der Waals surface area contributed by atoms with Crippen molar-refractivity contribution in [2.24, 2.45) is 32.9 Å². The maximum Gasteiger partial charge on any atom is 0.280 e. The predicted molar refractivity (Wildman–Crippen MR) is 585 cm³/mol. The number of Topliss-reactive ketones (excluding diaryl/α,β-unsaturated/α-hetero) is 4. The number of hydrogen-bond acceptors (Lipinski definition) is 29. The van der Waals surface area contributed by atoms with Gasteiger partial charge in [-0.3, -0.25) is 38.5 Å². The SMILES string of the molecule is C.CC(C)C1C=C(F)c2c1ncn(C)c2=O.CC(C)c1cnn2c(N)ccnc12.CC(C)c1cnn2c1N=CCC2=O.CC(C)n1cc(Cl)c2c1N=CCC2=O.CC(C)n1cc(F)c2c(N)ncnc21.CC(C)n1cc(F)c2c1N=CCC2=O.CC(C)n1cnc2c(=O)[nH]c(N)nc21.CC(C)n1cnc2c(N)cccc21.CC(C)n1cnc2c(N)ccnc21.CC(C)n1cnc2c1C=CCC2=O.CC(C)n1cnc2c1N=CCC2=O. The van der Waals surface area contributed by atoms with Gasteiger partial charge in [0.25, 0.3) is 17.0 Å². The van der Waals surface area contributed by atoms with Gasteiger partial charge in [0.05, 0.1) is 112 Å². The summed E-state index contributed by atoms with van der Waals surface area (Å²) < 4.78 is 59.9. The summed E-state index contributed by atoms with van der Waals surface area (Å²) in [5.74, 6) is 3.20. The van der Waals surface area contributed by atoms with E-state index in [9.17, 15) is 46.7 Å². The van der Waals surface area contributed by atoms with E-state index in [0.29, 0.717) is 146 Å². The van der Waals surface area contributed by atoms with E-state index in [1.165, 1.54) is 46.6 Å². The first-order valence-electron chi connectivity index (χ1n) is 48.9. The zero-order chi connectivity index (χ0) is 109. The molecule has 0 bridgehead atoms. The van der Waals surface area contributed by atoms with Gasteiger partial charge in [-0.25, -0.2) is 83.0 Å². The van der Waals surface area contributed by atoms with Crippen molar-refractivity contribution in [3.63, 3.8) is 0 Å². The number of aryl methyl sites for hydroxylation is 1. The van der Waals surface area contributed by atoms with Crippen LogP contribution < -0.4 is 39.8 Å². The van der Waals surface area contributed by atoms with E-state index >= 15 is 0 Å². The largest absolute Gasteiger partial charge is 0.397 e. The second kappa shape index (κ2) is 49.4. The van der Waals surface area contributed by atoms with Crippen LogP contribution in [0.2, 0.25) is 5.02 Å². The number of rotatable bonds is 11. The summed E-state index contributed by atoms with van der Waals surface area (Å²) in [6.07, 6.45) is 36.5. The number of para-hydroxylation sites is 1. The fourth-order valence-electron chi connectivity index (χ4n) is 16.2. The van der Waals surface area contributed by atoms with Crippen molar-refractivity contribution < 1.29 is 37.1 Å². The second-order valence-corrected chi connectivity index (χ2v) is 39.1. The van der Waals surface area contributed by atoms with E-state index in [4.69, 9.17) is 40.3 Å². The molecule has 1 unspecified atom stereocenters. The van der Waals surface area contributed by atoms with Crippen LogP contribution in [0.25, 0.3) is 61.9 Å². The number of nitrogens with two attached hydrogens (primary N) is 5. The third-order valence-corrected chi connectivity index (χ3v) is 24.5. The molecule has 792 valence electrons. The monoisotopic (exact) mass is 2070 g/mol. The topological polar surface area (TPSA) is 536 Å². The number of hydrogen-bond donors (Lipinski definition) is 6. The number of ketones is 4. The van der Waals surface area contributed by atoms with Crippen molar-refractivity contribution in [1.82, 2.24) is 120 Å². The number of nitrogens with one attached hydrogen (secondary N) is 1. The average molecular weight is 2070 g/mol. The standard InChI is InChI=1S/C11H13FN2O.C10H11ClN2O.C10H11FN2O.C10H13N3.C10H12N2O.C9H11FN4.2C9H12N4.2C9H11N3O.C8H11N5O.CH4/c1-6(2)7-4-8(12)9-10(7)13-5-14(3)11(9)15;2*1-6(2)13-5-7(11)9-8(14)3-4-12-10(9)13;1-7(2)13-6-12-10-8(11)4-3-5-9(10)13;1-7(2)12-6-11-10-8(12)4-3-5-9(10)13;1-5(2)14-3-6(10)7-8(11)12-4-13-9(7)14;1-6(2)7-5-12-13-8(10)3-4-11-9(7)13;1-6(2)13-5-12-8-7(10)3-4-11-9(8)13;1-6(2)7-5-11-12-8(13)3-4-10-9(7)12;1-6(2)12-5-11-8-7(13)3-4-10-9(8)12;1-4(2)13-3-10-5-6(13)11-8(9)12-7(5)14;/h4-7H,1-3H3;2*4-6H,3H2,1-2H3;3-7H,11H2,1-2H3;3-4,6-7H,5H2,1-2H3;3-5H,1-2H3,(H2,11,12,13);3-6H,10H2,1-2H3;3-6H,1-2H3,(H2,10,11);2*4-6H,3H2,1-2H3;3-4H,1-2H3,(H3,9,11,12,14);1H4. The Labute approximate surface area is 870 Å². The number of nitrogen functional groups attached to an aromatic ring is 5. The van der Waals surface area contributed by atoms with Crippen LogP contribution in [0.3, 0.4) is 0 Å². The first-order valence-corrected chi connectivity index (χ1v) is 49.2. The van der Waals surface area contributed by atoms with E-state index < -0.39 is 11.6 Å². The number of pyridine rings is 1. The Hall–Kier alpha value is -16.4. The van der Waals surface area contributed by atoms with Crippen LogP contribution in [0, 0.1) is 17.6 Å². The second-order valence-electron chi connectivity index (χ2n) is 38.6. The van der Waals surface area contributed by atoms with Gasteiger partial charge in [-0.2, -0.15) is 24.4 Å². The number of nitrogens with zero attached hydrogens (tertiary/aromatic N) is 28. The Balaban J connectivity index is 0.000000156. The number of halogens is 4. The van der Waals surface area contributed by atoms with Crippen molar-refractivity contribution in [2.75, 3.05) is 28.7 Å². The number of H-pyrrole nitrogens is 1. The molecule has 0 radical (unpaired) electrons. The molecular weight excluding hydrogens is 1940 g/mol. The molecule has 6 aliphatic rings. The van der Waals surface area contributed by atoms with E-state index in [1.807, 2.05) is 144 Å². The quantitative estimate of drug-likeness (QED) is 0.0655. The summed E-state index contributed by atoms with van der Waals surface area (Å²) in [5.41, 5.74) is 40.7. The highest BCUT2D eigenvalue weighted by Crippen LogP contribution is 2.40. The van der Waals surface area contributed by atoms with Crippen LogP contribution in [-0.2, 0) is 7.05 Å². The van der Waals surface area contributed by atoms with Crippen molar-refractivity contribution in [3.8, 4) is 0 Å². The van der Waals surface area contributed by atoms with Gasteiger partial charge < -0.3 is 69.8 Å². The summed E-state index contributed by atoms with van der Waals surface area (Å²) in [6.45, 7) is 44.8. The van der Waals surface area contributed by atoms with Crippen LogP contribution in [0.4, 0.5) is 65.4 Å². The molecule has 16 aromatic rings. The molecule has 0 amide bonds. The number of aromatic amines is 1. The number of anilines is 5. The van der Waals surface area contributed by atoms with Gasteiger partial charge in [-0.15, -0.1) is 0 Å². The lowest BCUT2D eigenvalue weighted by atomic mass is 9.95. The number of aliphatic imine (C=N–C) groups is 4. The highest BCUT2D eigenvalue weighted by molar-refractivity contribution is 6.35. The minimum atomic E-state index is -0.462. The molecule has 2 aliphatic carbocycles. The maximum atomic E-state index is 13.6. The fraction of sp³-hybridized carbons (Fsp3) is 0.390. The van der Waals surface area contributed by atoms with E-state index in [1.54, 1.807) is 106 Å². The molecule has 22 rings (SSSR count). The molecule has 1 aromatic carbocycles. The molecule has 1 atom stereocenters.